The Morgan fingerprint density at radius 2 is 1.79 bits per heavy atom. The normalized spacial score (nSPS) is 26.6. The molecule has 1 saturated heterocycles. The third-order valence-corrected chi connectivity index (χ3v) is 8.90. The van der Waals surface area contributed by atoms with Crippen molar-refractivity contribution < 1.29 is 19.0 Å². The Bertz CT molecular complexity index is 1090. The molecule has 2 aliphatic carbocycles. The fourth-order valence-electron chi connectivity index (χ4n) is 7.12. The number of fused-ring (bicyclic) bond motifs is 1. The average molecular weight is 521 g/mol. The highest BCUT2D eigenvalue weighted by Crippen LogP contribution is 2.50. The number of hydrogen-bond acceptors (Lipinski definition) is 5. The van der Waals surface area contributed by atoms with Crippen LogP contribution in [-0.2, 0) is 19.6 Å². The summed E-state index contributed by atoms with van der Waals surface area (Å²) in [6.07, 6.45) is 10.8. The highest BCUT2D eigenvalue weighted by Gasteiger charge is 2.49. The number of hydrogen-bond donors (Lipinski definition) is 0. The Kier molecular flexibility index (Phi) is 7.84. The predicted octanol–water partition coefficient (Wildman–Crippen LogP) is 7.29. The Morgan fingerprint density at radius 3 is 2.47 bits per heavy atom. The van der Waals surface area contributed by atoms with E-state index in [0.717, 1.165) is 57.2 Å². The zero-order valence-corrected chi connectivity index (χ0v) is 23.6. The van der Waals surface area contributed by atoms with Gasteiger partial charge in [0, 0.05) is 37.6 Å². The fraction of sp³-hybridized carbons (Fsp3) is 0.625. The maximum Gasteiger partial charge on any atom is 0.410 e. The predicted molar refractivity (Wildman–Crippen MR) is 148 cm³/mol. The molecule has 3 aliphatic rings. The van der Waals surface area contributed by atoms with E-state index in [2.05, 4.69) is 36.4 Å². The zero-order valence-electron chi connectivity index (χ0n) is 23.6. The van der Waals surface area contributed by atoms with Crippen LogP contribution in [0.3, 0.4) is 0 Å². The van der Waals surface area contributed by atoms with Crippen LogP contribution in [0.1, 0.15) is 108 Å². The van der Waals surface area contributed by atoms with Crippen molar-refractivity contribution in [3.8, 4) is 0 Å². The van der Waals surface area contributed by atoms with Gasteiger partial charge in [0.1, 0.15) is 5.60 Å². The Hall–Kier alpha value is -2.44. The first-order chi connectivity index (χ1) is 18.2. The monoisotopic (exact) mass is 520 g/mol. The van der Waals surface area contributed by atoms with E-state index in [9.17, 15) is 4.79 Å². The molecule has 1 aromatic carbocycles. The van der Waals surface area contributed by atoms with E-state index in [4.69, 9.17) is 19.2 Å². The lowest BCUT2D eigenvalue weighted by atomic mass is 9.67. The van der Waals surface area contributed by atoms with Gasteiger partial charge in [0.05, 0.1) is 17.7 Å². The van der Waals surface area contributed by atoms with Crippen LogP contribution in [0.15, 0.2) is 48.7 Å². The van der Waals surface area contributed by atoms with Gasteiger partial charge in [-0.2, -0.15) is 0 Å². The summed E-state index contributed by atoms with van der Waals surface area (Å²) in [7, 11) is 1.77. The molecule has 1 saturated carbocycles. The minimum atomic E-state index is -0.566. The quantitative estimate of drug-likeness (QED) is 0.400. The van der Waals surface area contributed by atoms with E-state index in [1.807, 2.05) is 37.9 Å². The lowest BCUT2D eigenvalue weighted by Crippen LogP contribution is -2.49. The summed E-state index contributed by atoms with van der Waals surface area (Å²) in [4.78, 5) is 20.7. The van der Waals surface area contributed by atoms with E-state index in [0.29, 0.717) is 6.54 Å². The first kappa shape index (κ1) is 27.1. The molecule has 6 nitrogen and oxygen atoms in total. The fourth-order valence-corrected chi connectivity index (χ4v) is 7.12. The van der Waals surface area contributed by atoms with Crippen molar-refractivity contribution >= 4 is 6.09 Å². The molecular weight excluding hydrogens is 476 g/mol. The number of pyridine rings is 1. The summed E-state index contributed by atoms with van der Waals surface area (Å²) in [5.41, 5.74) is 2.72. The van der Waals surface area contributed by atoms with Crippen LogP contribution < -0.4 is 0 Å². The van der Waals surface area contributed by atoms with Crippen molar-refractivity contribution in [2.45, 2.75) is 107 Å². The summed E-state index contributed by atoms with van der Waals surface area (Å²) in [5.74, 6) is 0. The van der Waals surface area contributed by atoms with Gasteiger partial charge in [-0.1, -0.05) is 43.2 Å². The molecule has 0 N–H and O–H groups in total. The van der Waals surface area contributed by atoms with Gasteiger partial charge < -0.3 is 19.1 Å². The molecule has 2 aromatic rings. The lowest BCUT2D eigenvalue weighted by Gasteiger charge is -2.47. The van der Waals surface area contributed by atoms with Crippen LogP contribution in [0, 0.1) is 0 Å². The minimum Gasteiger partial charge on any atom is -0.444 e. The van der Waals surface area contributed by atoms with Gasteiger partial charge in [0.15, 0.2) is 0 Å². The average Bonchev–Trinajstić information content (AvgIpc) is 3.35. The third kappa shape index (κ3) is 5.62. The van der Waals surface area contributed by atoms with Crippen molar-refractivity contribution in [3.05, 3.63) is 65.5 Å². The van der Waals surface area contributed by atoms with Crippen LogP contribution >= 0.6 is 0 Å². The van der Waals surface area contributed by atoms with Gasteiger partial charge in [-0.15, -0.1) is 0 Å². The number of aromatic nitrogens is 1. The minimum absolute atomic E-state index is 0.0477. The molecule has 2 heterocycles. The highest BCUT2D eigenvalue weighted by molar-refractivity contribution is 5.69. The Morgan fingerprint density at radius 1 is 1.05 bits per heavy atom. The molecular formula is C32H44N2O4. The summed E-state index contributed by atoms with van der Waals surface area (Å²) < 4.78 is 18.3. The third-order valence-electron chi connectivity index (χ3n) is 8.90. The van der Waals surface area contributed by atoms with Crippen molar-refractivity contribution in [2.75, 3.05) is 20.3 Å². The molecule has 5 rings (SSSR count). The highest BCUT2D eigenvalue weighted by atomic mass is 16.6. The van der Waals surface area contributed by atoms with E-state index >= 15 is 0 Å². The molecule has 0 bridgehead atoms. The van der Waals surface area contributed by atoms with E-state index in [-0.39, 0.29) is 29.3 Å². The number of carbonyl (C=O) groups is 1. The zero-order chi connectivity index (χ0) is 26.8. The van der Waals surface area contributed by atoms with Gasteiger partial charge in [-0.3, -0.25) is 4.98 Å². The number of benzene rings is 1. The van der Waals surface area contributed by atoms with Crippen LogP contribution in [0.25, 0.3) is 0 Å². The number of methoxy groups -OCH3 is 1. The first-order valence-electron chi connectivity index (χ1n) is 14.4. The number of nitrogens with zero attached hydrogens (tertiary/aromatic N) is 2. The number of carbonyl (C=O) groups excluding carboxylic acids is 1. The standard InChI is InChI=1S/C32H44N2O4/c1-30(2,3)38-29(35)34(26-14-15-27(36-4)25-12-6-5-11-24(25)26)21-18-31(28-13-7-10-20-33-28)19-22-37-32(23-31)16-8-9-17-32/h5-7,10-13,20,26-27H,8-9,14-19,21-23H2,1-4H3/t26-,27-,31+/m0/s1. The van der Waals surface area contributed by atoms with E-state index in [1.165, 1.54) is 24.0 Å². The number of rotatable bonds is 6. The maximum absolute atomic E-state index is 13.8. The molecule has 3 atom stereocenters. The number of ether oxygens (including phenoxy) is 3. The second-order valence-electron chi connectivity index (χ2n) is 12.5. The van der Waals surface area contributed by atoms with Crippen molar-refractivity contribution in [1.29, 1.82) is 0 Å². The first-order valence-corrected chi connectivity index (χ1v) is 14.4. The van der Waals surface area contributed by atoms with Gasteiger partial charge in [-0.05, 0) is 89.0 Å². The van der Waals surface area contributed by atoms with Crippen molar-refractivity contribution in [2.24, 2.45) is 0 Å². The molecule has 0 radical (unpaired) electrons. The molecule has 1 amide bonds. The van der Waals surface area contributed by atoms with Gasteiger partial charge >= 0.3 is 6.09 Å². The Labute approximate surface area is 228 Å². The van der Waals surface area contributed by atoms with Crippen molar-refractivity contribution in [3.63, 3.8) is 0 Å². The van der Waals surface area contributed by atoms with E-state index in [1.54, 1.807) is 7.11 Å². The molecule has 1 spiro atoms. The summed E-state index contributed by atoms with van der Waals surface area (Å²) in [5, 5.41) is 0. The van der Waals surface area contributed by atoms with Crippen LogP contribution in [-0.4, -0.2) is 47.4 Å². The summed E-state index contributed by atoms with van der Waals surface area (Å²) in [6, 6.07) is 14.6. The lowest BCUT2D eigenvalue weighted by molar-refractivity contribution is -0.106. The summed E-state index contributed by atoms with van der Waals surface area (Å²) >= 11 is 0. The van der Waals surface area contributed by atoms with Crippen LogP contribution in [0.4, 0.5) is 4.79 Å². The smallest absolute Gasteiger partial charge is 0.410 e. The van der Waals surface area contributed by atoms with Gasteiger partial charge in [0.25, 0.3) is 0 Å². The summed E-state index contributed by atoms with van der Waals surface area (Å²) in [6.45, 7) is 7.17. The molecule has 0 unspecified atom stereocenters. The molecule has 2 fully saturated rings. The van der Waals surface area contributed by atoms with Crippen LogP contribution in [0.5, 0.6) is 0 Å². The molecule has 1 aliphatic heterocycles. The van der Waals surface area contributed by atoms with Crippen LogP contribution in [0.2, 0.25) is 0 Å². The molecule has 1 aromatic heterocycles. The SMILES string of the molecule is CO[C@H]1CC[C@H](N(CC[C@@]2(c3ccccn3)CCOC3(CCCC3)C2)C(=O)OC(C)(C)C)c2ccccc21. The van der Waals surface area contributed by atoms with Gasteiger partial charge in [0.2, 0.25) is 0 Å². The van der Waals surface area contributed by atoms with Gasteiger partial charge in [-0.25, -0.2) is 4.79 Å². The maximum atomic E-state index is 13.8. The van der Waals surface area contributed by atoms with Crippen molar-refractivity contribution in [1.82, 2.24) is 9.88 Å². The molecule has 38 heavy (non-hydrogen) atoms. The second-order valence-corrected chi connectivity index (χ2v) is 12.5. The second kappa shape index (κ2) is 11.0. The number of amides is 1. The van der Waals surface area contributed by atoms with E-state index < -0.39 is 5.60 Å². The molecule has 6 heteroatoms. The molecule has 206 valence electrons. The Balaban J connectivity index is 1.48. The largest absolute Gasteiger partial charge is 0.444 e. The topological polar surface area (TPSA) is 60.9 Å².